The van der Waals surface area contributed by atoms with Gasteiger partial charge in [-0.05, 0) is 49.1 Å². The van der Waals surface area contributed by atoms with Gasteiger partial charge in [-0.2, -0.15) is 0 Å². The summed E-state index contributed by atoms with van der Waals surface area (Å²) < 4.78 is 5.55. The summed E-state index contributed by atoms with van der Waals surface area (Å²) in [5, 5.41) is 13.0. The van der Waals surface area contributed by atoms with Crippen molar-refractivity contribution in [1.29, 1.82) is 0 Å². The van der Waals surface area contributed by atoms with Crippen molar-refractivity contribution in [2.45, 2.75) is 45.1 Å². The highest BCUT2D eigenvalue weighted by Crippen LogP contribution is 2.36. The Hall–Kier alpha value is -2.22. The fraction of sp³-hybridized carbons (Fsp3) is 0.435. The van der Waals surface area contributed by atoms with Crippen LogP contribution in [-0.4, -0.2) is 29.4 Å². The summed E-state index contributed by atoms with van der Waals surface area (Å²) >= 11 is 7.36. The zero-order valence-electron chi connectivity index (χ0n) is 17.0. The Morgan fingerprint density at radius 3 is 2.55 bits per heavy atom. The van der Waals surface area contributed by atoms with Crippen LogP contribution in [0.5, 0.6) is 0 Å². The van der Waals surface area contributed by atoms with Crippen molar-refractivity contribution in [3.05, 3.63) is 50.2 Å². The molecule has 1 aliphatic carbocycles. The number of halogens is 1. The van der Waals surface area contributed by atoms with Crippen molar-refractivity contribution in [3.8, 4) is 0 Å². The van der Waals surface area contributed by atoms with E-state index in [1.807, 2.05) is 0 Å². The van der Waals surface area contributed by atoms with Crippen molar-refractivity contribution >= 4 is 46.3 Å². The standard InChI is InChI=1S/C23H24ClNO5S/c24-13-5-7-14(8-6-13)25-22(27)21-17-9-10-30-12-20(17)31-19(21)11-18(26)15-3-1-2-4-16(15)23(28)29/h5-8,15-16H,1-4,9-12H2,(H,25,27)(H,28,29). The second kappa shape index (κ2) is 9.51. The maximum atomic E-state index is 13.2. The number of carboxylic acid groups (broad SMARTS) is 1. The molecule has 1 aliphatic heterocycles. The number of benzene rings is 1. The predicted molar refractivity (Wildman–Crippen MR) is 119 cm³/mol. The van der Waals surface area contributed by atoms with Crippen LogP contribution in [0.4, 0.5) is 5.69 Å². The molecule has 1 aromatic carbocycles. The minimum absolute atomic E-state index is 0.0789. The van der Waals surface area contributed by atoms with Gasteiger partial charge in [-0.25, -0.2) is 0 Å². The largest absolute Gasteiger partial charge is 0.481 e. The lowest BCUT2D eigenvalue weighted by atomic mass is 9.76. The minimum atomic E-state index is -0.905. The van der Waals surface area contributed by atoms with E-state index in [1.54, 1.807) is 24.3 Å². The molecule has 1 saturated carbocycles. The fourth-order valence-electron chi connectivity index (χ4n) is 4.51. The maximum Gasteiger partial charge on any atom is 0.307 e. The molecule has 1 fully saturated rings. The van der Waals surface area contributed by atoms with Crippen LogP contribution in [0.15, 0.2) is 24.3 Å². The molecule has 1 aromatic heterocycles. The lowest BCUT2D eigenvalue weighted by molar-refractivity contribution is -0.148. The van der Waals surface area contributed by atoms with E-state index in [9.17, 15) is 19.5 Å². The van der Waals surface area contributed by atoms with E-state index < -0.39 is 17.8 Å². The van der Waals surface area contributed by atoms with Crippen LogP contribution in [0, 0.1) is 11.8 Å². The average Bonchev–Trinajstić information content (AvgIpc) is 3.13. The van der Waals surface area contributed by atoms with Crippen molar-refractivity contribution < 1.29 is 24.2 Å². The van der Waals surface area contributed by atoms with Gasteiger partial charge in [-0.15, -0.1) is 11.3 Å². The smallest absolute Gasteiger partial charge is 0.307 e. The number of hydrogen-bond donors (Lipinski definition) is 2. The van der Waals surface area contributed by atoms with Gasteiger partial charge in [0.1, 0.15) is 5.78 Å². The molecule has 2 N–H and O–H groups in total. The van der Waals surface area contributed by atoms with Crippen molar-refractivity contribution in [1.82, 2.24) is 0 Å². The average molecular weight is 462 g/mol. The van der Waals surface area contributed by atoms with Crippen LogP contribution < -0.4 is 5.32 Å². The molecule has 2 aliphatic rings. The molecular weight excluding hydrogens is 438 g/mol. The van der Waals surface area contributed by atoms with E-state index in [2.05, 4.69) is 5.32 Å². The molecule has 31 heavy (non-hydrogen) atoms. The van der Waals surface area contributed by atoms with E-state index in [1.165, 1.54) is 11.3 Å². The Labute approximate surface area is 189 Å². The van der Waals surface area contributed by atoms with Gasteiger partial charge in [-0.1, -0.05) is 24.4 Å². The van der Waals surface area contributed by atoms with Crippen LogP contribution in [0.25, 0.3) is 0 Å². The molecule has 6 nitrogen and oxygen atoms in total. The van der Waals surface area contributed by atoms with Gasteiger partial charge in [-0.3, -0.25) is 14.4 Å². The summed E-state index contributed by atoms with van der Waals surface area (Å²) in [7, 11) is 0. The number of carbonyl (C=O) groups excluding carboxylic acids is 2. The first-order chi connectivity index (χ1) is 14.9. The molecule has 8 heteroatoms. The first-order valence-electron chi connectivity index (χ1n) is 10.5. The molecule has 1 amide bonds. The van der Waals surface area contributed by atoms with E-state index in [0.29, 0.717) is 53.6 Å². The number of ketones is 1. The SMILES string of the molecule is O=C(Nc1ccc(Cl)cc1)c1c(CC(=O)C2CCCCC2C(=O)O)sc2c1CCOC2. The van der Waals surface area contributed by atoms with E-state index >= 15 is 0 Å². The number of Topliss-reactive ketones (excluding diaryl/α,β-unsaturated/α-hetero) is 1. The third kappa shape index (κ3) is 4.84. The number of aliphatic carboxylic acids is 1. The lowest BCUT2D eigenvalue weighted by Gasteiger charge is -2.27. The summed E-state index contributed by atoms with van der Waals surface area (Å²) in [5.74, 6) is -2.38. The highest BCUT2D eigenvalue weighted by molar-refractivity contribution is 7.12. The van der Waals surface area contributed by atoms with Gasteiger partial charge in [0.25, 0.3) is 5.91 Å². The second-order valence-corrected chi connectivity index (χ2v) is 9.67. The summed E-state index contributed by atoms with van der Waals surface area (Å²) in [6.45, 7) is 0.957. The third-order valence-electron chi connectivity index (χ3n) is 6.05. The first-order valence-corrected chi connectivity index (χ1v) is 11.7. The highest BCUT2D eigenvalue weighted by atomic mass is 35.5. The molecule has 0 saturated heterocycles. The Balaban J connectivity index is 1.60. The summed E-state index contributed by atoms with van der Waals surface area (Å²) in [5.41, 5.74) is 2.09. The number of hydrogen-bond acceptors (Lipinski definition) is 5. The maximum absolute atomic E-state index is 13.2. The monoisotopic (exact) mass is 461 g/mol. The van der Waals surface area contributed by atoms with E-state index in [4.69, 9.17) is 16.3 Å². The number of nitrogens with one attached hydrogen (secondary N) is 1. The lowest BCUT2D eigenvalue weighted by Crippen LogP contribution is -2.33. The Bertz CT molecular complexity index is 1000. The molecule has 0 spiro atoms. The number of rotatable bonds is 6. The molecule has 2 heterocycles. The Morgan fingerprint density at radius 2 is 1.84 bits per heavy atom. The summed E-state index contributed by atoms with van der Waals surface area (Å²) in [6.07, 6.45) is 3.51. The van der Waals surface area contributed by atoms with Gasteiger partial charge in [0.15, 0.2) is 0 Å². The molecule has 2 atom stereocenters. The molecule has 2 aromatic rings. The minimum Gasteiger partial charge on any atom is -0.481 e. The van der Waals surface area contributed by atoms with Gasteiger partial charge in [0.05, 0.1) is 24.7 Å². The van der Waals surface area contributed by atoms with Gasteiger partial charge in [0.2, 0.25) is 0 Å². The fourth-order valence-corrected chi connectivity index (χ4v) is 5.93. The Kier molecular flexibility index (Phi) is 6.74. The summed E-state index contributed by atoms with van der Waals surface area (Å²) in [6, 6.07) is 6.86. The van der Waals surface area contributed by atoms with Crippen LogP contribution >= 0.6 is 22.9 Å². The zero-order chi connectivity index (χ0) is 22.0. The predicted octanol–water partition coefficient (Wildman–Crippen LogP) is 4.73. The second-order valence-electron chi connectivity index (χ2n) is 8.04. The van der Waals surface area contributed by atoms with Gasteiger partial charge >= 0.3 is 5.97 Å². The van der Waals surface area contributed by atoms with Gasteiger partial charge < -0.3 is 15.2 Å². The van der Waals surface area contributed by atoms with Crippen LogP contribution in [0.2, 0.25) is 5.02 Å². The van der Waals surface area contributed by atoms with E-state index in [0.717, 1.165) is 23.3 Å². The molecule has 2 unspecified atom stereocenters. The van der Waals surface area contributed by atoms with Gasteiger partial charge in [0, 0.05) is 32.8 Å². The number of carboxylic acids is 1. The number of amides is 1. The topological polar surface area (TPSA) is 92.7 Å². The molecule has 4 rings (SSSR count). The van der Waals surface area contributed by atoms with Crippen molar-refractivity contribution in [3.63, 3.8) is 0 Å². The first kappa shape index (κ1) is 22.0. The number of ether oxygens (including phenoxy) is 1. The zero-order valence-corrected chi connectivity index (χ0v) is 18.6. The quantitative estimate of drug-likeness (QED) is 0.648. The number of thiophene rings is 1. The van der Waals surface area contributed by atoms with E-state index in [-0.39, 0.29) is 18.1 Å². The number of carbonyl (C=O) groups is 3. The summed E-state index contributed by atoms with van der Waals surface area (Å²) in [4.78, 5) is 39.6. The molecule has 164 valence electrons. The molecule has 0 radical (unpaired) electrons. The van der Waals surface area contributed by atoms with Crippen LogP contribution in [-0.2, 0) is 33.8 Å². The molecule has 0 bridgehead atoms. The molecular formula is C23H24ClNO5S. The van der Waals surface area contributed by atoms with Crippen LogP contribution in [0.1, 0.15) is 51.4 Å². The van der Waals surface area contributed by atoms with Crippen molar-refractivity contribution in [2.75, 3.05) is 11.9 Å². The van der Waals surface area contributed by atoms with Crippen LogP contribution in [0.3, 0.4) is 0 Å². The highest BCUT2D eigenvalue weighted by Gasteiger charge is 2.36. The number of fused-ring (bicyclic) bond motifs is 1. The Morgan fingerprint density at radius 1 is 1.13 bits per heavy atom. The normalized spacial score (nSPS) is 20.7. The third-order valence-corrected chi connectivity index (χ3v) is 7.51. The van der Waals surface area contributed by atoms with Crippen molar-refractivity contribution in [2.24, 2.45) is 11.8 Å². The number of anilines is 1.